The van der Waals surface area contributed by atoms with Crippen molar-refractivity contribution in [1.29, 1.82) is 0 Å². The van der Waals surface area contributed by atoms with E-state index in [0.29, 0.717) is 50.5 Å². The van der Waals surface area contributed by atoms with Crippen molar-refractivity contribution in [3.05, 3.63) is 54.9 Å². The highest BCUT2D eigenvalue weighted by Crippen LogP contribution is 2.35. The largest absolute Gasteiger partial charge is 0.493 e. The summed E-state index contributed by atoms with van der Waals surface area (Å²) in [6.07, 6.45) is -6.62. The molecule has 0 spiro atoms. The number of ether oxygens (including phenoxy) is 4. The zero-order valence-electron chi connectivity index (χ0n) is 25.2. The number of fused-ring (bicyclic) bond motifs is 2. The zero-order valence-corrected chi connectivity index (χ0v) is 25.2. The quantitative estimate of drug-likeness (QED) is 0.185. The van der Waals surface area contributed by atoms with Crippen molar-refractivity contribution in [2.75, 3.05) is 31.3 Å². The fraction of sp³-hybridized carbons (Fsp3) is 0.469. The molecule has 4 aromatic rings. The van der Waals surface area contributed by atoms with Crippen molar-refractivity contribution >= 4 is 33.6 Å². The molecule has 7 atom stereocenters. The van der Waals surface area contributed by atoms with Crippen molar-refractivity contribution in [2.24, 2.45) is 11.1 Å². The van der Waals surface area contributed by atoms with Crippen LogP contribution >= 0.6 is 0 Å². The molecule has 0 bridgehead atoms. The van der Waals surface area contributed by atoms with E-state index in [1.807, 2.05) is 58.0 Å². The van der Waals surface area contributed by atoms with Crippen molar-refractivity contribution in [3.8, 4) is 11.6 Å². The second-order valence-electron chi connectivity index (χ2n) is 12.7. The van der Waals surface area contributed by atoms with E-state index in [4.69, 9.17) is 29.7 Å². The number of anilines is 1. The van der Waals surface area contributed by atoms with E-state index in [-0.39, 0.29) is 11.5 Å². The number of aliphatic hydroxyl groups is 3. The van der Waals surface area contributed by atoms with Gasteiger partial charge < -0.3 is 50.0 Å². The van der Waals surface area contributed by atoms with Crippen LogP contribution in [0.2, 0.25) is 0 Å². The number of pyridine rings is 1. The van der Waals surface area contributed by atoms with E-state index < -0.39 is 42.9 Å². The molecular weight excluding hydrogens is 598 g/mol. The Morgan fingerprint density at radius 2 is 1.93 bits per heavy atom. The first-order chi connectivity index (χ1) is 22.1. The Kier molecular flexibility index (Phi) is 8.05. The van der Waals surface area contributed by atoms with Gasteiger partial charge in [0.15, 0.2) is 12.4 Å². The highest BCUT2D eigenvalue weighted by Gasteiger charge is 2.49. The average Bonchev–Trinajstić information content (AvgIpc) is 3.46. The molecule has 3 aliphatic heterocycles. The molecule has 0 saturated carbocycles. The van der Waals surface area contributed by atoms with Gasteiger partial charge in [-0.25, -0.2) is 14.8 Å². The number of hydrogen-bond donors (Lipinski definition) is 5. The number of imidazole rings is 1. The summed E-state index contributed by atoms with van der Waals surface area (Å²) in [5.74, 6) is -0.101. The number of aromatic nitrogens is 3. The summed E-state index contributed by atoms with van der Waals surface area (Å²) in [6.45, 7) is 4.55. The van der Waals surface area contributed by atoms with Gasteiger partial charge in [-0.1, -0.05) is 19.1 Å². The summed E-state index contributed by atoms with van der Waals surface area (Å²) in [5.41, 5.74) is 9.39. The Hall–Kier alpha value is -3.89. The fourth-order valence-electron chi connectivity index (χ4n) is 6.22. The summed E-state index contributed by atoms with van der Waals surface area (Å²) < 4.78 is 24.8. The summed E-state index contributed by atoms with van der Waals surface area (Å²) in [5, 5.41) is 41.4. The van der Waals surface area contributed by atoms with Crippen LogP contribution in [0, 0.1) is 5.41 Å². The molecule has 14 heteroatoms. The van der Waals surface area contributed by atoms with E-state index >= 15 is 0 Å². The van der Waals surface area contributed by atoms with E-state index in [0.717, 1.165) is 27.9 Å². The first-order valence-corrected chi connectivity index (χ1v) is 15.3. The smallest absolute Gasteiger partial charge is 0.335 e. The van der Waals surface area contributed by atoms with E-state index in [2.05, 4.69) is 11.9 Å². The normalized spacial score (nSPS) is 29.5. The number of nitrogens with two attached hydrogens (primary N) is 1. The van der Waals surface area contributed by atoms with Gasteiger partial charge in [-0.2, -0.15) is 0 Å². The minimum Gasteiger partial charge on any atom is -0.493 e. The lowest BCUT2D eigenvalue weighted by atomic mass is 9.90. The number of rotatable bonds is 8. The lowest BCUT2D eigenvalue weighted by Crippen LogP contribution is -2.62. The Balaban J connectivity index is 1.18. The van der Waals surface area contributed by atoms with Gasteiger partial charge in [0, 0.05) is 35.9 Å². The Bertz CT molecular complexity index is 1750. The molecule has 2 aromatic heterocycles. The van der Waals surface area contributed by atoms with Crippen molar-refractivity contribution < 1.29 is 44.2 Å². The third-order valence-corrected chi connectivity index (χ3v) is 8.94. The summed E-state index contributed by atoms with van der Waals surface area (Å²) >= 11 is 0. The molecule has 46 heavy (non-hydrogen) atoms. The number of carboxylic acids is 1. The Labute approximate surface area is 263 Å². The van der Waals surface area contributed by atoms with Gasteiger partial charge in [0.1, 0.15) is 42.4 Å². The van der Waals surface area contributed by atoms with Gasteiger partial charge in [0.05, 0.1) is 42.1 Å². The van der Waals surface area contributed by atoms with Gasteiger partial charge in [-0.15, -0.1) is 0 Å². The first-order valence-electron chi connectivity index (χ1n) is 15.3. The number of aliphatic carboxylic acids is 1. The molecule has 7 unspecified atom stereocenters. The molecule has 0 aliphatic carbocycles. The molecular formula is C32H37N5O9. The second kappa shape index (κ2) is 12.0. The van der Waals surface area contributed by atoms with Crippen molar-refractivity contribution in [2.45, 2.75) is 62.7 Å². The fourth-order valence-corrected chi connectivity index (χ4v) is 6.22. The van der Waals surface area contributed by atoms with Crippen LogP contribution in [0.25, 0.3) is 27.8 Å². The number of carbonyl (C=O) groups is 1. The number of piperidine rings is 1. The lowest BCUT2D eigenvalue weighted by molar-refractivity contribution is -0.305. The molecule has 2 aromatic carbocycles. The van der Waals surface area contributed by atoms with Crippen LogP contribution < -0.4 is 15.4 Å². The maximum atomic E-state index is 11.7. The van der Waals surface area contributed by atoms with Gasteiger partial charge in [-0.3, -0.25) is 4.57 Å². The van der Waals surface area contributed by atoms with Crippen molar-refractivity contribution in [1.82, 2.24) is 14.5 Å². The van der Waals surface area contributed by atoms with Gasteiger partial charge >= 0.3 is 5.97 Å². The summed E-state index contributed by atoms with van der Waals surface area (Å²) in [6, 6.07) is 15.2. The molecule has 3 aliphatic rings. The summed E-state index contributed by atoms with van der Waals surface area (Å²) in [7, 11) is 0. The highest BCUT2D eigenvalue weighted by molar-refractivity contribution is 5.92. The maximum Gasteiger partial charge on any atom is 0.335 e. The molecule has 3 saturated heterocycles. The number of aliphatic hydroxyl groups excluding tert-OH is 3. The molecule has 244 valence electrons. The van der Waals surface area contributed by atoms with E-state index in [1.165, 1.54) is 0 Å². The SMILES string of the molecule is CC1(COc2ccc3c(c2)ncn3-c2ccc3cccc(N4CCC(N)CC4OC4OC(C(=O)O)C(O)C(O)C4O)c3n2)COC1. The first kappa shape index (κ1) is 30.7. The molecule has 0 amide bonds. The number of nitrogens with zero attached hydrogens (tertiary/aromatic N) is 4. The monoisotopic (exact) mass is 635 g/mol. The predicted molar refractivity (Wildman–Crippen MR) is 165 cm³/mol. The third kappa shape index (κ3) is 5.66. The Morgan fingerprint density at radius 1 is 1.11 bits per heavy atom. The van der Waals surface area contributed by atoms with Crippen LogP contribution in [0.4, 0.5) is 5.69 Å². The zero-order chi connectivity index (χ0) is 32.2. The molecule has 0 radical (unpaired) electrons. The molecule has 3 fully saturated rings. The number of para-hydroxylation sites is 1. The lowest BCUT2D eigenvalue weighted by Gasteiger charge is -2.44. The van der Waals surface area contributed by atoms with Gasteiger partial charge in [0.2, 0.25) is 0 Å². The van der Waals surface area contributed by atoms with Crippen LogP contribution in [0.5, 0.6) is 5.75 Å². The van der Waals surface area contributed by atoms with Crippen LogP contribution in [0.15, 0.2) is 54.9 Å². The minimum absolute atomic E-state index is 0.0262. The minimum atomic E-state index is -1.82. The predicted octanol–water partition coefficient (Wildman–Crippen LogP) is 1.15. The average molecular weight is 636 g/mol. The van der Waals surface area contributed by atoms with E-state index in [1.54, 1.807) is 6.33 Å². The van der Waals surface area contributed by atoms with Crippen molar-refractivity contribution in [3.63, 3.8) is 0 Å². The van der Waals surface area contributed by atoms with Gasteiger partial charge in [-0.05, 0) is 36.8 Å². The molecule has 5 heterocycles. The summed E-state index contributed by atoms with van der Waals surface area (Å²) in [4.78, 5) is 23.3. The third-order valence-electron chi connectivity index (χ3n) is 8.94. The van der Waals surface area contributed by atoms with Gasteiger partial charge in [0.25, 0.3) is 0 Å². The van der Waals surface area contributed by atoms with E-state index in [9.17, 15) is 25.2 Å². The number of carboxylic acid groups (broad SMARTS) is 1. The highest BCUT2D eigenvalue weighted by atomic mass is 16.7. The Morgan fingerprint density at radius 3 is 2.70 bits per heavy atom. The number of benzene rings is 2. The van der Waals surface area contributed by atoms with Crippen LogP contribution in [0.3, 0.4) is 0 Å². The van der Waals surface area contributed by atoms with Crippen LogP contribution in [-0.2, 0) is 19.0 Å². The molecule has 7 rings (SSSR count). The second-order valence-corrected chi connectivity index (χ2v) is 12.7. The molecule has 6 N–H and O–H groups in total. The maximum absolute atomic E-state index is 11.7. The molecule has 14 nitrogen and oxygen atoms in total. The van der Waals surface area contributed by atoms with Crippen LogP contribution in [0.1, 0.15) is 19.8 Å². The number of hydrogen-bond acceptors (Lipinski definition) is 12. The topological polar surface area (TPSA) is 195 Å². The standard InChI is InChI=1S/C32H37N5O9/c1-32(13-43-14-32)15-44-19-6-7-21-20(12-19)34-16-37(21)23-8-5-17-3-2-4-22(25(17)35-23)36-10-9-18(33)11-24(36)45-31-28(40)26(38)27(39)29(46-31)30(41)42/h2-8,12,16,18,24,26-29,31,38-40H,9-11,13-15,33H2,1H3,(H,41,42). The van der Waals surface area contributed by atoms with Crippen LogP contribution in [-0.4, -0.2) is 110 Å².